The van der Waals surface area contributed by atoms with Gasteiger partial charge in [-0.05, 0) is 36.4 Å². The number of benzene rings is 1. The molecule has 3 aromatic rings. The summed E-state index contributed by atoms with van der Waals surface area (Å²) < 4.78 is 11.5. The Kier molecular flexibility index (Phi) is 8.08. The first kappa shape index (κ1) is 23.4. The van der Waals surface area contributed by atoms with Crippen molar-refractivity contribution in [2.75, 3.05) is 43.4 Å². The van der Waals surface area contributed by atoms with Crippen LogP contribution in [0.1, 0.15) is 5.76 Å². The van der Waals surface area contributed by atoms with Gasteiger partial charge in [-0.3, -0.25) is 9.59 Å². The molecule has 1 fully saturated rings. The number of ether oxygens (including phenoxy) is 1. The van der Waals surface area contributed by atoms with E-state index in [9.17, 15) is 9.59 Å². The summed E-state index contributed by atoms with van der Waals surface area (Å²) in [6.45, 7) is 2.84. The molecule has 0 spiro atoms. The molecule has 1 saturated heterocycles. The van der Waals surface area contributed by atoms with Gasteiger partial charge in [0.2, 0.25) is 11.0 Å². The van der Waals surface area contributed by atoms with Gasteiger partial charge in [0.1, 0.15) is 11.5 Å². The largest absolute Gasteiger partial charge is 0.484 e. The zero-order chi connectivity index (χ0) is 23.0. The van der Waals surface area contributed by atoms with Crippen LogP contribution >= 0.6 is 34.7 Å². The number of halogens is 1. The predicted molar refractivity (Wildman–Crippen MR) is 127 cm³/mol. The Labute approximate surface area is 204 Å². The Balaban J connectivity index is 1.17. The van der Waals surface area contributed by atoms with Crippen LogP contribution < -0.4 is 15.0 Å². The van der Waals surface area contributed by atoms with E-state index in [2.05, 4.69) is 20.4 Å². The van der Waals surface area contributed by atoms with Crippen molar-refractivity contribution in [2.45, 2.75) is 10.9 Å². The van der Waals surface area contributed by atoms with Gasteiger partial charge in [0.25, 0.3) is 5.91 Å². The number of anilines is 1. The zero-order valence-electron chi connectivity index (χ0n) is 17.6. The summed E-state index contributed by atoms with van der Waals surface area (Å²) in [4.78, 5) is 28.3. The topological polar surface area (TPSA) is 101 Å². The number of hydrogen-bond donors (Lipinski definition) is 1. The molecule has 1 aliphatic heterocycles. The fraction of sp³-hybridized carbons (Fsp3) is 0.333. The molecule has 0 saturated carbocycles. The molecule has 4 rings (SSSR count). The lowest BCUT2D eigenvalue weighted by molar-refractivity contribution is -0.133. The van der Waals surface area contributed by atoms with Gasteiger partial charge in [-0.15, -0.1) is 10.2 Å². The van der Waals surface area contributed by atoms with E-state index in [1.54, 1.807) is 41.5 Å². The van der Waals surface area contributed by atoms with Crippen LogP contribution in [0.5, 0.6) is 5.75 Å². The van der Waals surface area contributed by atoms with E-state index in [0.29, 0.717) is 49.3 Å². The van der Waals surface area contributed by atoms with E-state index in [1.165, 1.54) is 23.1 Å². The summed E-state index contributed by atoms with van der Waals surface area (Å²) in [5.41, 5.74) is 0. The van der Waals surface area contributed by atoms with Gasteiger partial charge in [-0.25, -0.2) is 0 Å². The molecular formula is C21H22ClN5O4S2. The minimum absolute atomic E-state index is 0.0107. The van der Waals surface area contributed by atoms with Crippen LogP contribution in [0.2, 0.25) is 5.02 Å². The molecule has 3 heterocycles. The normalized spacial score (nSPS) is 13.7. The molecule has 9 nitrogen and oxygen atoms in total. The molecule has 12 heteroatoms. The predicted octanol–water partition coefficient (Wildman–Crippen LogP) is 2.92. The molecule has 2 aromatic heterocycles. The quantitative estimate of drug-likeness (QED) is 0.441. The number of carbonyl (C=O) groups excluding carboxylic acids is 2. The Bertz CT molecular complexity index is 1050. The van der Waals surface area contributed by atoms with Gasteiger partial charge < -0.3 is 24.3 Å². The molecule has 0 radical (unpaired) electrons. The van der Waals surface area contributed by atoms with Gasteiger partial charge in [-0.1, -0.05) is 34.7 Å². The lowest BCUT2D eigenvalue weighted by Crippen LogP contribution is -2.50. The van der Waals surface area contributed by atoms with Crippen LogP contribution in [0.4, 0.5) is 5.13 Å². The number of piperazine rings is 1. The van der Waals surface area contributed by atoms with Crippen molar-refractivity contribution in [3.8, 4) is 5.75 Å². The van der Waals surface area contributed by atoms with Gasteiger partial charge in [0.15, 0.2) is 10.9 Å². The molecule has 1 aliphatic rings. The minimum atomic E-state index is -0.0962. The summed E-state index contributed by atoms with van der Waals surface area (Å²) in [6, 6.07) is 10.5. The third-order valence-corrected chi connectivity index (χ3v) is 7.21. The number of nitrogens with one attached hydrogen (secondary N) is 1. The second kappa shape index (κ2) is 11.4. The van der Waals surface area contributed by atoms with E-state index in [4.69, 9.17) is 20.8 Å². The molecule has 174 valence electrons. The average Bonchev–Trinajstić information content (AvgIpc) is 3.53. The van der Waals surface area contributed by atoms with Crippen molar-refractivity contribution >= 4 is 51.6 Å². The second-order valence-corrected chi connectivity index (χ2v) is 9.72. The first-order valence-electron chi connectivity index (χ1n) is 10.2. The monoisotopic (exact) mass is 507 g/mol. The molecule has 0 aliphatic carbocycles. The molecule has 1 N–H and O–H groups in total. The number of nitrogens with zero attached hydrogens (tertiary/aromatic N) is 4. The number of furan rings is 1. The maximum atomic E-state index is 12.4. The molecule has 0 bridgehead atoms. The third kappa shape index (κ3) is 6.86. The van der Waals surface area contributed by atoms with E-state index in [0.717, 1.165) is 9.47 Å². The maximum absolute atomic E-state index is 12.4. The lowest BCUT2D eigenvalue weighted by atomic mass is 10.3. The zero-order valence-corrected chi connectivity index (χ0v) is 20.0. The van der Waals surface area contributed by atoms with Crippen LogP contribution in [0.25, 0.3) is 0 Å². The summed E-state index contributed by atoms with van der Waals surface area (Å²) in [7, 11) is 0. The fourth-order valence-electron chi connectivity index (χ4n) is 3.08. The Hall–Kier alpha value is -2.76. The molecule has 33 heavy (non-hydrogen) atoms. The Morgan fingerprint density at radius 1 is 1.15 bits per heavy atom. The lowest BCUT2D eigenvalue weighted by Gasteiger charge is -2.34. The number of amides is 2. The average molecular weight is 508 g/mol. The van der Waals surface area contributed by atoms with Crippen molar-refractivity contribution in [3.63, 3.8) is 0 Å². The van der Waals surface area contributed by atoms with Gasteiger partial charge in [0.05, 0.1) is 18.6 Å². The van der Waals surface area contributed by atoms with Crippen molar-refractivity contribution in [2.24, 2.45) is 0 Å². The van der Waals surface area contributed by atoms with Crippen LogP contribution in [0.15, 0.2) is 51.4 Å². The highest BCUT2D eigenvalue weighted by atomic mass is 35.5. The SMILES string of the molecule is O=C(CSc1nnc(N2CCN(C(=O)COc3ccc(Cl)cc3)CC2)s1)NCc1ccco1. The highest BCUT2D eigenvalue weighted by molar-refractivity contribution is 8.01. The molecule has 0 atom stereocenters. The summed E-state index contributed by atoms with van der Waals surface area (Å²) in [5.74, 6) is 1.42. The van der Waals surface area contributed by atoms with Crippen LogP contribution in [-0.4, -0.2) is 65.5 Å². The van der Waals surface area contributed by atoms with Gasteiger partial charge in [0, 0.05) is 31.2 Å². The summed E-state index contributed by atoms with van der Waals surface area (Å²) in [5, 5.41) is 12.6. The number of hydrogen-bond acceptors (Lipinski definition) is 9. The van der Waals surface area contributed by atoms with Gasteiger partial charge >= 0.3 is 0 Å². The van der Waals surface area contributed by atoms with Crippen molar-refractivity contribution in [1.82, 2.24) is 20.4 Å². The van der Waals surface area contributed by atoms with Gasteiger partial charge in [-0.2, -0.15) is 0 Å². The van der Waals surface area contributed by atoms with E-state index in [1.807, 2.05) is 6.07 Å². The number of rotatable bonds is 9. The Morgan fingerprint density at radius 3 is 2.67 bits per heavy atom. The standard InChI is InChI=1S/C21H22ClN5O4S2/c22-15-3-5-16(6-4-15)31-13-19(29)26-7-9-27(10-8-26)20-24-25-21(33-20)32-14-18(28)23-12-17-2-1-11-30-17/h1-6,11H,7-10,12-14H2,(H,23,28). The number of aromatic nitrogens is 2. The summed E-state index contributed by atoms with van der Waals surface area (Å²) in [6.07, 6.45) is 1.57. The molecule has 2 amide bonds. The minimum Gasteiger partial charge on any atom is -0.484 e. The maximum Gasteiger partial charge on any atom is 0.260 e. The highest BCUT2D eigenvalue weighted by Gasteiger charge is 2.24. The molecule has 0 unspecified atom stereocenters. The smallest absolute Gasteiger partial charge is 0.260 e. The fourth-order valence-corrected chi connectivity index (χ4v) is 4.93. The van der Waals surface area contributed by atoms with Crippen molar-refractivity contribution < 1.29 is 18.7 Å². The van der Waals surface area contributed by atoms with E-state index >= 15 is 0 Å². The summed E-state index contributed by atoms with van der Waals surface area (Å²) >= 11 is 8.65. The van der Waals surface area contributed by atoms with Crippen molar-refractivity contribution in [1.29, 1.82) is 0 Å². The first-order chi connectivity index (χ1) is 16.1. The van der Waals surface area contributed by atoms with Crippen LogP contribution in [-0.2, 0) is 16.1 Å². The van der Waals surface area contributed by atoms with Crippen molar-refractivity contribution in [3.05, 3.63) is 53.4 Å². The second-order valence-electron chi connectivity index (χ2n) is 7.11. The molecule has 1 aromatic carbocycles. The Morgan fingerprint density at radius 2 is 1.94 bits per heavy atom. The van der Waals surface area contributed by atoms with Crippen LogP contribution in [0.3, 0.4) is 0 Å². The highest BCUT2D eigenvalue weighted by Crippen LogP contribution is 2.28. The van der Waals surface area contributed by atoms with E-state index < -0.39 is 0 Å². The number of thioether (sulfide) groups is 1. The number of carbonyl (C=O) groups is 2. The van der Waals surface area contributed by atoms with E-state index in [-0.39, 0.29) is 24.2 Å². The third-order valence-electron chi connectivity index (χ3n) is 4.84. The van der Waals surface area contributed by atoms with Crippen LogP contribution in [0, 0.1) is 0 Å². The molecular weight excluding hydrogens is 486 g/mol. The first-order valence-corrected chi connectivity index (χ1v) is 12.4.